The van der Waals surface area contributed by atoms with Gasteiger partial charge in [0.15, 0.2) is 5.65 Å². The number of rotatable bonds is 3. The van der Waals surface area contributed by atoms with Crippen molar-refractivity contribution in [3.05, 3.63) is 24.5 Å². The summed E-state index contributed by atoms with van der Waals surface area (Å²) in [5, 5.41) is 16.5. The molecule has 1 saturated carbocycles. The lowest BCUT2D eigenvalue weighted by atomic mass is 9.86. The third-order valence-electron chi connectivity index (χ3n) is 3.63. The van der Waals surface area contributed by atoms with E-state index in [0.29, 0.717) is 6.42 Å². The van der Waals surface area contributed by atoms with Gasteiger partial charge in [-0.3, -0.25) is 4.79 Å². The molecule has 1 fully saturated rings. The van der Waals surface area contributed by atoms with E-state index >= 15 is 0 Å². The zero-order valence-electron chi connectivity index (χ0n) is 10.5. The minimum Gasteiger partial charge on any atom is -0.481 e. The average molecular weight is 260 g/mol. The standard InChI is InChI=1S/C13H16N4O2/c18-13(19)9-2-1-3-10(8-9)15-11-5-7-17-12(16-11)4-6-14-17/h4-7,9-10H,1-3,8H2,(H,15,16)(H,18,19). The van der Waals surface area contributed by atoms with E-state index in [1.165, 1.54) is 0 Å². The van der Waals surface area contributed by atoms with Crippen LogP contribution < -0.4 is 5.32 Å². The molecule has 6 nitrogen and oxygen atoms in total. The topological polar surface area (TPSA) is 79.5 Å². The molecule has 100 valence electrons. The predicted molar refractivity (Wildman–Crippen MR) is 70.0 cm³/mol. The van der Waals surface area contributed by atoms with Gasteiger partial charge in [0.05, 0.1) is 12.1 Å². The summed E-state index contributed by atoms with van der Waals surface area (Å²) in [4.78, 5) is 15.5. The molecule has 0 radical (unpaired) electrons. The van der Waals surface area contributed by atoms with Crippen LogP contribution in [0.1, 0.15) is 25.7 Å². The molecule has 2 aromatic rings. The maximum absolute atomic E-state index is 11.0. The predicted octanol–water partition coefficient (Wildman–Crippen LogP) is 1.78. The van der Waals surface area contributed by atoms with Gasteiger partial charge < -0.3 is 10.4 Å². The van der Waals surface area contributed by atoms with E-state index in [9.17, 15) is 4.79 Å². The number of carboxylic acids is 1. The first-order valence-corrected chi connectivity index (χ1v) is 6.52. The summed E-state index contributed by atoms with van der Waals surface area (Å²) in [6.07, 6.45) is 6.94. The van der Waals surface area contributed by atoms with Gasteiger partial charge in [0, 0.05) is 18.3 Å². The lowest BCUT2D eigenvalue weighted by molar-refractivity contribution is -0.142. The minimum atomic E-state index is -0.689. The Bertz CT molecular complexity index is 595. The molecule has 2 aromatic heterocycles. The highest BCUT2D eigenvalue weighted by Gasteiger charge is 2.26. The Hall–Kier alpha value is -2.11. The molecule has 2 heterocycles. The van der Waals surface area contributed by atoms with Crippen LogP contribution in [0.15, 0.2) is 24.5 Å². The quantitative estimate of drug-likeness (QED) is 0.879. The number of anilines is 1. The first kappa shape index (κ1) is 12.0. The minimum absolute atomic E-state index is 0.188. The Morgan fingerprint density at radius 2 is 2.32 bits per heavy atom. The van der Waals surface area contributed by atoms with E-state index in [1.54, 1.807) is 10.7 Å². The molecule has 0 amide bonds. The van der Waals surface area contributed by atoms with Crippen molar-refractivity contribution < 1.29 is 9.90 Å². The van der Waals surface area contributed by atoms with Gasteiger partial charge in [-0.05, 0) is 25.3 Å². The highest BCUT2D eigenvalue weighted by Crippen LogP contribution is 2.26. The third kappa shape index (κ3) is 2.52. The van der Waals surface area contributed by atoms with Crippen molar-refractivity contribution in [1.29, 1.82) is 0 Å². The second-order valence-corrected chi connectivity index (χ2v) is 4.99. The number of nitrogens with one attached hydrogen (secondary N) is 1. The van der Waals surface area contributed by atoms with Gasteiger partial charge in [-0.25, -0.2) is 9.50 Å². The molecule has 0 bridgehead atoms. The lowest BCUT2D eigenvalue weighted by Gasteiger charge is -2.27. The van der Waals surface area contributed by atoms with Crippen LogP contribution in [0.4, 0.5) is 5.82 Å². The number of hydrogen-bond donors (Lipinski definition) is 2. The van der Waals surface area contributed by atoms with Crippen molar-refractivity contribution in [2.45, 2.75) is 31.7 Å². The van der Waals surface area contributed by atoms with Crippen molar-refractivity contribution in [3.63, 3.8) is 0 Å². The van der Waals surface area contributed by atoms with Crippen LogP contribution in [0.3, 0.4) is 0 Å². The summed E-state index contributed by atoms with van der Waals surface area (Å²) in [6, 6.07) is 3.89. The van der Waals surface area contributed by atoms with E-state index in [1.807, 2.05) is 18.3 Å². The molecule has 0 aromatic carbocycles. The Morgan fingerprint density at radius 3 is 3.16 bits per heavy atom. The molecule has 6 heteroatoms. The van der Waals surface area contributed by atoms with Crippen LogP contribution in [0.5, 0.6) is 0 Å². The highest BCUT2D eigenvalue weighted by atomic mass is 16.4. The number of aromatic nitrogens is 3. The Morgan fingerprint density at radius 1 is 1.42 bits per heavy atom. The molecular weight excluding hydrogens is 244 g/mol. The van der Waals surface area contributed by atoms with E-state index in [-0.39, 0.29) is 12.0 Å². The maximum Gasteiger partial charge on any atom is 0.306 e. The van der Waals surface area contributed by atoms with Crippen molar-refractivity contribution >= 4 is 17.4 Å². The van der Waals surface area contributed by atoms with Gasteiger partial charge in [-0.2, -0.15) is 5.10 Å². The van der Waals surface area contributed by atoms with E-state index in [4.69, 9.17) is 5.11 Å². The summed E-state index contributed by atoms with van der Waals surface area (Å²) in [6.45, 7) is 0. The fourth-order valence-corrected chi connectivity index (χ4v) is 2.65. The van der Waals surface area contributed by atoms with Crippen molar-refractivity contribution in [3.8, 4) is 0 Å². The molecule has 2 N–H and O–H groups in total. The fourth-order valence-electron chi connectivity index (χ4n) is 2.65. The molecule has 2 unspecified atom stereocenters. The number of carbonyl (C=O) groups is 1. The zero-order valence-corrected chi connectivity index (χ0v) is 10.5. The highest BCUT2D eigenvalue weighted by molar-refractivity contribution is 5.70. The second-order valence-electron chi connectivity index (χ2n) is 4.99. The zero-order chi connectivity index (χ0) is 13.2. The normalized spacial score (nSPS) is 23.4. The first-order valence-electron chi connectivity index (χ1n) is 6.52. The monoisotopic (exact) mass is 260 g/mol. The maximum atomic E-state index is 11.0. The van der Waals surface area contributed by atoms with Gasteiger partial charge in [0.2, 0.25) is 0 Å². The fraction of sp³-hybridized carbons (Fsp3) is 0.462. The number of carboxylic acid groups (broad SMARTS) is 1. The van der Waals surface area contributed by atoms with Gasteiger partial charge in [0.25, 0.3) is 0 Å². The number of hydrogen-bond acceptors (Lipinski definition) is 4. The summed E-state index contributed by atoms with van der Waals surface area (Å²) in [7, 11) is 0. The summed E-state index contributed by atoms with van der Waals surface area (Å²) in [5.41, 5.74) is 0.788. The molecule has 3 rings (SSSR count). The first-order chi connectivity index (χ1) is 9.22. The van der Waals surface area contributed by atoms with Crippen LogP contribution in [0.25, 0.3) is 5.65 Å². The number of aliphatic carboxylic acids is 1. The summed E-state index contributed by atoms with van der Waals surface area (Å²) < 4.78 is 1.70. The molecule has 0 spiro atoms. The van der Waals surface area contributed by atoms with Crippen LogP contribution in [-0.2, 0) is 4.79 Å². The van der Waals surface area contributed by atoms with Gasteiger partial charge in [0.1, 0.15) is 5.82 Å². The smallest absolute Gasteiger partial charge is 0.306 e. The second kappa shape index (κ2) is 4.87. The third-order valence-corrected chi connectivity index (χ3v) is 3.63. The summed E-state index contributed by atoms with van der Waals surface area (Å²) >= 11 is 0. The molecule has 1 aliphatic carbocycles. The molecule has 19 heavy (non-hydrogen) atoms. The Kier molecular flexibility index (Phi) is 3.06. The summed E-state index contributed by atoms with van der Waals surface area (Å²) in [5.74, 6) is -0.139. The van der Waals surface area contributed by atoms with Gasteiger partial charge in [-0.15, -0.1) is 0 Å². The van der Waals surface area contributed by atoms with E-state index < -0.39 is 5.97 Å². The van der Waals surface area contributed by atoms with Gasteiger partial charge in [-0.1, -0.05) is 6.42 Å². The van der Waals surface area contributed by atoms with Crippen LogP contribution in [-0.4, -0.2) is 31.7 Å². The Labute approximate surface area is 110 Å². The molecular formula is C13H16N4O2. The molecule has 0 saturated heterocycles. The number of nitrogens with zero attached hydrogens (tertiary/aromatic N) is 3. The van der Waals surface area contributed by atoms with Crippen molar-refractivity contribution in [2.75, 3.05) is 5.32 Å². The van der Waals surface area contributed by atoms with Gasteiger partial charge >= 0.3 is 5.97 Å². The van der Waals surface area contributed by atoms with E-state index in [0.717, 1.165) is 30.7 Å². The molecule has 0 aliphatic heterocycles. The van der Waals surface area contributed by atoms with E-state index in [2.05, 4.69) is 15.4 Å². The van der Waals surface area contributed by atoms with Crippen LogP contribution in [0, 0.1) is 5.92 Å². The van der Waals surface area contributed by atoms with Crippen molar-refractivity contribution in [2.24, 2.45) is 5.92 Å². The molecule has 2 atom stereocenters. The number of fused-ring (bicyclic) bond motifs is 1. The SMILES string of the molecule is O=C(O)C1CCCC(Nc2ccn3nccc3n2)C1. The molecule has 1 aliphatic rings. The largest absolute Gasteiger partial charge is 0.481 e. The van der Waals surface area contributed by atoms with Crippen molar-refractivity contribution in [1.82, 2.24) is 14.6 Å². The average Bonchev–Trinajstić information content (AvgIpc) is 2.86. The lowest BCUT2D eigenvalue weighted by Crippen LogP contribution is -2.31. The Balaban J connectivity index is 1.71. The van der Waals surface area contributed by atoms with Crippen LogP contribution in [0.2, 0.25) is 0 Å². The van der Waals surface area contributed by atoms with Crippen LogP contribution >= 0.6 is 0 Å².